The normalized spacial score (nSPS) is 10.6. The van der Waals surface area contributed by atoms with Gasteiger partial charge in [-0.05, 0) is 36.8 Å². The maximum Gasteiger partial charge on any atom is 0.257 e. The van der Waals surface area contributed by atoms with E-state index in [1.54, 1.807) is 24.3 Å². The van der Waals surface area contributed by atoms with Crippen LogP contribution in [0.4, 0.5) is 0 Å². The lowest BCUT2D eigenvalue weighted by molar-refractivity contribution is 0.101. The average Bonchev–Trinajstić information content (AvgIpc) is 2.96. The largest absolute Gasteiger partial charge is 0.334 e. The first-order valence-electron chi connectivity index (χ1n) is 6.80. The Hall–Kier alpha value is -2.46. The summed E-state index contributed by atoms with van der Waals surface area (Å²) in [6, 6.07) is 14.6. The van der Waals surface area contributed by atoms with Gasteiger partial charge in [-0.15, -0.1) is 0 Å². The van der Waals surface area contributed by atoms with Gasteiger partial charge in [-0.3, -0.25) is 4.79 Å². The molecule has 0 saturated heterocycles. The van der Waals surface area contributed by atoms with E-state index in [0.29, 0.717) is 28.7 Å². The summed E-state index contributed by atoms with van der Waals surface area (Å²) >= 11 is 5.96. The fraction of sp³-hybridized carbons (Fsp3) is 0.118. The lowest BCUT2D eigenvalue weighted by atomic mass is 10.1. The van der Waals surface area contributed by atoms with Crippen molar-refractivity contribution in [1.82, 2.24) is 10.1 Å². The fourth-order valence-electron chi connectivity index (χ4n) is 2.12. The SMILES string of the molecule is CC(=O)c1ccc(-c2nc(Cc3cccc(Cl)c3)no2)cc1. The molecule has 110 valence electrons. The number of halogens is 1. The molecular formula is C17H13ClN2O2. The molecule has 0 saturated carbocycles. The Morgan fingerprint density at radius 2 is 1.95 bits per heavy atom. The van der Waals surface area contributed by atoms with Gasteiger partial charge in [0.1, 0.15) is 0 Å². The van der Waals surface area contributed by atoms with Crippen molar-refractivity contribution in [3.63, 3.8) is 0 Å². The Bertz CT molecular complexity index is 810. The van der Waals surface area contributed by atoms with E-state index in [2.05, 4.69) is 10.1 Å². The van der Waals surface area contributed by atoms with Crippen molar-refractivity contribution in [2.45, 2.75) is 13.3 Å². The van der Waals surface area contributed by atoms with E-state index in [4.69, 9.17) is 16.1 Å². The van der Waals surface area contributed by atoms with Gasteiger partial charge in [-0.25, -0.2) is 0 Å². The molecule has 2 aromatic carbocycles. The van der Waals surface area contributed by atoms with Crippen LogP contribution in [0.15, 0.2) is 53.1 Å². The van der Waals surface area contributed by atoms with Crippen molar-refractivity contribution < 1.29 is 9.32 Å². The smallest absolute Gasteiger partial charge is 0.257 e. The summed E-state index contributed by atoms with van der Waals surface area (Å²) in [5.74, 6) is 1.05. The van der Waals surface area contributed by atoms with Crippen LogP contribution in [-0.2, 0) is 6.42 Å². The molecule has 5 heteroatoms. The average molecular weight is 313 g/mol. The molecule has 4 nitrogen and oxygen atoms in total. The zero-order valence-corrected chi connectivity index (χ0v) is 12.7. The molecule has 0 N–H and O–H groups in total. The summed E-state index contributed by atoms with van der Waals surface area (Å²) in [5.41, 5.74) is 2.46. The number of benzene rings is 2. The van der Waals surface area contributed by atoms with Crippen LogP contribution in [0, 0.1) is 0 Å². The maximum atomic E-state index is 11.3. The molecule has 1 aromatic heterocycles. The third kappa shape index (κ3) is 3.23. The Kier molecular flexibility index (Phi) is 4.02. The Morgan fingerprint density at radius 3 is 2.64 bits per heavy atom. The van der Waals surface area contributed by atoms with Crippen LogP contribution in [0.1, 0.15) is 28.7 Å². The van der Waals surface area contributed by atoms with Gasteiger partial charge in [-0.1, -0.05) is 41.0 Å². The van der Waals surface area contributed by atoms with Crippen molar-refractivity contribution in [3.05, 3.63) is 70.5 Å². The number of Topliss-reactive ketones (excluding diaryl/α,β-unsaturated/α-hetero) is 1. The molecule has 0 amide bonds. The molecule has 0 bridgehead atoms. The Morgan fingerprint density at radius 1 is 1.18 bits per heavy atom. The van der Waals surface area contributed by atoms with Crippen LogP contribution in [0.3, 0.4) is 0 Å². The monoisotopic (exact) mass is 312 g/mol. The molecule has 0 aliphatic rings. The minimum atomic E-state index is 0.0266. The number of ketones is 1. The van der Waals surface area contributed by atoms with Crippen LogP contribution in [0.5, 0.6) is 0 Å². The summed E-state index contributed by atoms with van der Waals surface area (Å²) < 4.78 is 5.27. The lowest BCUT2D eigenvalue weighted by Gasteiger charge is -1.97. The molecule has 3 rings (SSSR count). The molecule has 1 heterocycles. The molecule has 0 atom stereocenters. The number of aromatic nitrogens is 2. The third-order valence-electron chi connectivity index (χ3n) is 3.26. The molecule has 0 aliphatic carbocycles. The second-order valence-corrected chi connectivity index (χ2v) is 5.39. The quantitative estimate of drug-likeness (QED) is 0.678. The van der Waals surface area contributed by atoms with Gasteiger partial charge >= 0.3 is 0 Å². The first-order valence-corrected chi connectivity index (χ1v) is 7.18. The summed E-state index contributed by atoms with van der Waals surface area (Å²) in [6.07, 6.45) is 0.551. The Balaban J connectivity index is 1.80. The van der Waals surface area contributed by atoms with Gasteiger partial charge in [0.2, 0.25) is 0 Å². The molecule has 3 aromatic rings. The standard InChI is InChI=1S/C17H13ClN2O2/c1-11(21)13-5-7-14(8-6-13)17-19-16(20-22-17)10-12-3-2-4-15(18)9-12/h2-9H,10H2,1H3. The van der Waals surface area contributed by atoms with E-state index < -0.39 is 0 Å². The number of rotatable bonds is 4. The first kappa shape index (κ1) is 14.5. The van der Waals surface area contributed by atoms with E-state index >= 15 is 0 Å². The minimum Gasteiger partial charge on any atom is -0.334 e. The topological polar surface area (TPSA) is 56.0 Å². The van der Waals surface area contributed by atoms with Crippen molar-refractivity contribution in [2.75, 3.05) is 0 Å². The van der Waals surface area contributed by atoms with Crippen molar-refractivity contribution >= 4 is 17.4 Å². The van der Waals surface area contributed by atoms with Gasteiger partial charge in [-0.2, -0.15) is 4.98 Å². The van der Waals surface area contributed by atoms with E-state index in [1.807, 2.05) is 24.3 Å². The minimum absolute atomic E-state index is 0.0266. The van der Waals surface area contributed by atoms with Gasteiger partial charge in [0, 0.05) is 22.6 Å². The molecule has 0 fully saturated rings. The van der Waals surface area contributed by atoms with E-state index in [0.717, 1.165) is 11.1 Å². The third-order valence-corrected chi connectivity index (χ3v) is 3.49. The fourth-order valence-corrected chi connectivity index (χ4v) is 2.33. The van der Waals surface area contributed by atoms with Gasteiger partial charge in [0.25, 0.3) is 5.89 Å². The molecular weight excluding hydrogens is 300 g/mol. The molecule has 0 aliphatic heterocycles. The summed E-state index contributed by atoms with van der Waals surface area (Å²) in [7, 11) is 0. The van der Waals surface area contributed by atoms with Crippen molar-refractivity contribution in [1.29, 1.82) is 0 Å². The van der Waals surface area contributed by atoms with Crippen LogP contribution in [-0.4, -0.2) is 15.9 Å². The second kappa shape index (κ2) is 6.12. The molecule has 0 unspecified atom stereocenters. The Labute approximate surface area is 132 Å². The number of hydrogen-bond donors (Lipinski definition) is 0. The summed E-state index contributed by atoms with van der Waals surface area (Å²) in [4.78, 5) is 15.6. The maximum absolute atomic E-state index is 11.3. The zero-order valence-electron chi connectivity index (χ0n) is 11.9. The summed E-state index contributed by atoms with van der Waals surface area (Å²) in [5, 5.41) is 4.66. The highest BCUT2D eigenvalue weighted by molar-refractivity contribution is 6.30. The number of carbonyl (C=O) groups excluding carboxylic acids is 1. The predicted octanol–water partition coefficient (Wildman–Crippen LogP) is 4.18. The highest BCUT2D eigenvalue weighted by atomic mass is 35.5. The van der Waals surface area contributed by atoms with Crippen LogP contribution < -0.4 is 0 Å². The second-order valence-electron chi connectivity index (χ2n) is 4.96. The van der Waals surface area contributed by atoms with Crippen molar-refractivity contribution in [2.24, 2.45) is 0 Å². The molecule has 0 spiro atoms. The highest BCUT2D eigenvalue weighted by Crippen LogP contribution is 2.19. The van der Waals surface area contributed by atoms with Crippen LogP contribution in [0.2, 0.25) is 5.02 Å². The van der Waals surface area contributed by atoms with Gasteiger partial charge in [0.05, 0.1) is 0 Å². The van der Waals surface area contributed by atoms with E-state index in [9.17, 15) is 4.79 Å². The van der Waals surface area contributed by atoms with E-state index in [-0.39, 0.29) is 5.78 Å². The van der Waals surface area contributed by atoms with Gasteiger partial charge in [0.15, 0.2) is 11.6 Å². The molecule has 0 radical (unpaired) electrons. The first-order chi connectivity index (χ1) is 10.6. The van der Waals surface area contributed by atoms with E-state index in [1.165, 1.54) is 6.92 Å². The van der Waals surface area contributed by atoms with Crippen LogP contribution in [0.25, 0.3) is 11.5 Å². The predicted molar refractivity (Wildman–Crippen MR) is 84.0 cm³/mol. The van der Waals surface area contributed by atoms with Gasteiger partial charge < -0.3 is 4.52 Å². The summed E-state index contributed by atoms with van der Waals surface area (Å²) in [6.45, 7) is 1.53. The van der Waals surface area contributed by atoms with Crippen molar-refractivity contribution in [3.8, 4) is 11.5 Å². The zero-order chi connectivity index (χ0) is 15.5. The molecule has 22 heavy (non-hydrogen) atoms. The number of carbonyl (C=O) groups is 1. The number of hydrogen-bond acceptors (Lipinski definition) is 4. The highest BCUT2D eigenvalue weighted by Gasteiger charge is 2.10. The number of nitrogens with zero attached hydrogens (tertiary/aromatic N) is 2. The lowest BCUT2D eigenvalue weighted by Crippen LogP contribution is -1.92. The van der Waals surface area contributed by atoms with Crippen LogP contribution >= 0.6 is 11.6 Å².